The fourth-order valence-corrected chi connectivity index (χ4v) is 10.6. The molecule has 404 valence electrons. The van der Waals surface area contributed by atoms with E-state index in [2.05, 4.69) is 42.5 Å². The minimum absolute atomic E-state index is 0.0297. The average molecular weight is 1060 g/mol. The van der Waals surface area contributed by atoms with E-state index in [0.717, 1.165) is 21.6 Å². The molecule has 0 spiro atoms. The van der Waals surface area contributed by atoms with Gasteiger partial charge in [-0.1, -0.05) is 54.0 Å². The minimum Gasteiger partial charge on any atom is -0.508 e. The molecule has 2 aliphatic heterocycles. The highest BCUT2D eigenvalue weighted by Crippen LogP contribution is 2.39. The van der Waals surface area contributed by atoms with E-state index >= 15 is 0 Å². The van der Waals surface area contributed by atoms with Crippen LogP contribution in [0.25, 0.3) is 0 Å². The van der Waals surface area contributed by atoms with E-state index in [4.69, 9.17) is 17.2 Å². The lowest BCUT2D eigenvalue weighted by Gasteiger charge is -2.32. The number of hydrogen-bond acceptors (Lipinski definition) is 15. The molecule has 2 aliphatic rings. The Morgan fingerprint density at radius 1 is 0.863 bits per heavy atom. The van der Waals surface area contributed by atoms with Gasteiger partial charge in [-0.3, -0.25) is 57.5 Å². The van der Waals surface area contributed by atoms with Gasteiger partial charge in [-0.05, 0) is 76.0 Å². The van der Waals surface area contributed by atoms with Gasteiger partial charge in [0, 0.05) is 42.9 Å². The van der Waals surface area contributed by atoms with Crippen LogP contribution in [-0.2, 0) is 64.0 Å². The van der Waals surface area contributed by atoms with Gasteiger partial charge in [0.15, 0.2) is 0 Å². The van der Waals surface area contributed by atoms with E-state index in [1.807, 2.05) is 0 Å². The van der Waals surface area contributed by atoms with Crippen LogP contribution >= 0.6 is 21.6 Å². The van der Waals surface area contributed by atoms with Crippen molar-refractivity contribution >= 4 is 93.0 Å². The number of unbranched alkanes of at least 4 members (excludes halogenated alkanes) is 1. The predicted molar refractivity (Wildman–Crippen MR) is 269 cm³/mol. The number of amides is 12. The number of hydrogen-bond donors (Lipinski definition) is 12. The molecule has 2 fully saturated rings. The molecule has 8 atom stereocenters. The Morgan fingerprint density at radius 2 is 1.52 bits per heavy atom. The maximum atomic E-state index is 14.7. The van der Waals surface area contributed by atoms with Gasteiger partial charge >= 0.3 is 0 Å². The lowest BCUT2D eigenvalue weighted by atomic mass is 9.96. The number of primary amides is 3. The second-order valence-electron chi connectivity index (χ2n) is 18.5. The number of nitrogens with zero attached hydrogens (tertiary/aromatic N) is 1. The molecule has 1 aromatic rings. The highest BCUT2D eigenvalue weighted by Gasteiger charge is 2.41. The lowest BCUT2D eigenvalue weighted by molar-refractivity contribution is -0.142. The van der Waals surface area contributed by atoms with Crippen LogP contribution in [0.4, 0.5) is 0 Å². The van der Waals surface area contributed by atoms with Gasteiger partial charge in [-0.15, -0.1) is 0 Å². The first-order valence-corrected chi connectivity index (χ1v) is 26.3. The summed E-state index contributed by atoms with van der Waals surface area (Å²) in [4.78, 5) is 160. The number of carbonyl (C=O) groups is 12. The summed E-state index contributed by atoms with van der Waals surface area (Å²) in [5.74, 6) is -10.1. The van der Waals surface area contributed by atoms with Crippen LogP contribution in [0.2, 0.25) is 0 Å². The molecule has 0 aliphatic carbocycles. The van der Waals surface area contributed by atoms with Crippen LogP contribution in [0.15, 0.2) is 24.3 Å². The van der Waals surface area contributed by atoms with Crippen molar-refractivity contribution < 1.29 is 62.6 Å². The fraction of sp³-hybridized carbons (Fsp3) is 0.609. The third-order valence-corrected chi connectivity index (χ3v) is 15.2. The number of aromatic hydroxyl groups is 1. The topological polar surface area (TPSA) is 403 Å². The number of phenols is 1. The van der Waals surface area contributed by atoms with Gasteiger partial charge < -0.3 is 69.7 Å². The predicted octanol–water partition coefficient (Wildman–Crippen LogP) is -2.90. The Hall–Kier alpha value is -6.64. The highest BCUT2D eigenvalue weighted by molar-refractivity contribution is 8.77. The van der Waals surface area contributed by atoms with Gasteiger partial charge in [-0.25, -0.2) is 0 Å². The van der Waals surface area contributed by atoms with Crippen LogP contribution in [0.1, 0.15) is 97.5 Å². The molecule has 1 aromatic carbocycles. The second kappa shape index (κ2) is 29.8. The van der Waals surface area contributed by atoms with Crippen LogP contribution in [0.5, 0.6) is 5.75 Å². The van der Waals surface area contributed by atoms with Crippen molar-refractivity contribution in [2.75, 3.05) is 25.4 Å². The Kier molecular flexibility index (Phi) is 24.7. The van der Waals surface area contributed by atoms with Gasteiger partial charge in [0.2, 0.25) is 71.4 Å². The molecule has 27 heteroatoms. The summed E-state index contributed by atoms with van der Waals surface area (Å²) in [5.41, 5.74) is 16.7. The first kappa shape index (κ1) is 60.7. The van der Waals surface area contributed by atoms with E-state index in [9.17, 15) is 62.6 Å². The molecule has 0 saturated carbocycles. The zero-order valence-corrected chi connectivity index (χ0v) is 43.1. The van der Waals surface area contributed by atoms with E-state index in [0.29, 0.717) is 44.2 Å². The highest BCUT2D eigenvalue weighted by atomic mass is 33.1. The molecule has 0 aromatic heterocycles. The number of rotatable bonds is 21. The average Bonchev–Trinajstić information content (AvgIpc) is 3.82. The zero-order chi connectivity index (χ0) is 54.4. The minimum atomic E-state index is -1.76. The summed E-state index contributed by atoms with van der Waals surface area (Å²) in [5, 5.41) is 30.5. The molecule has 25 nitrogen and oxygen atoms in total. The van der Waals surface area contributed by atoms with Crippen molar-refractivity contribution in [2.24, 2.45) is 23.1 Å². The maximum Gasteiger partial charge on any atom is 0.246 e. The van der Waals surface area contributed by atoms with Gasteiger partial charge in [0.1, 0.15) is 48.0 Å². The largest absolute Gasteiger partial charge is 0.508 e. The van der Waals surface area contributed by atoms with Crippen molar-refractivity contribution in [3.05, 3.63) is 29.8 Å². The summed E-state index contributed by atoms with van der Waals surface area (Å²) in [6, 6.07) is -3.79. The Labute approximate surface area is 431 Å². The van der Waals surface area contributed by atoms with E-state index in [1.165, 1.54) is 17.0 Å². The van der Waals surface area contributed by atoms with Crippen LogP contribution in [0, 0.1) is 5.92 Å². The molecule has 0 bridgehead atoms. The molecule has 73 heavy (non-hydrogen) atoms. The van der Waals surface area contributed by atoms with Crippen molar-refractivity contribution in [1.82, 2.24) is 47.4 Å². The number of nitrogens with two attached hydrogens (primary N) is 3. The summed E-state index contributed by atoms with van der Waals surface area (Å²) in [6.45, 7) is 6.69. The summed E-state index contributed by atoms with van der Waals surface area (Å²) >= 11 is 0. The zero-order valence-electron chi connectivity index (χ0n) is 41.5. The second-order valence-corrected chi connectivity index (χ2v) is 21.6. The molecule has 2 saturated heterocycles. The van der Waals surface area contributed by atoms with E-state index in [1.54, 1.807) is 39.8 Å². The number of likely N-dealkylation sites (tertiary alicyclic amines) is 1. The van der Waals surface area contributed by atoms with Crippen LogP contribution < -0.4 is 59.7 Å². The maximum absolute atomic E-state index is 14.7. The third kappa shape index (κ3) is 20.8. The van der Waals surface area contributed by atoms with Crippen molar-refractivity contribution in [3.63, 3.8) is 0 Å². The standard InChI is InChI=1S/C46H70N12O13S2/c1-5-25(2)38-44(70)54-29(15-16-34(47)61)40(66)55-31(20-35(48)62)41(67)56-32(23-72-73-46(3,4)21-37(64)52-30(42(68)57-38)19-26-11-13-27(60)14-12-26)45(71)58-18-8-10-33(58)43(69)53-28(9-6-7-17-50-24-59)39(65)51-22-36(49)63/h11-14,24-25,28-33,38,60H,5-10,15-23H2,1-4H3,(H2,47,61)(H2,48,62)(H2,49,63)(H,50,59)(H,51,65)(H,52,64)(H,53,69)(H,54,70)(H,55,66)(H,56,67)(H,57,68)/t25-,28-,29?,30-,31-,32-,33-,38-/m0/s1. The molecule has 0 radical (unpaired) electrons. The normalized spacial score (nSPS) is 23.1. The Bertz CT molecular complexity index is 2170. The molecular weight excluding hydrogens is 993 g/mol. The first-order chi connectivity index (χ1) is 34.4. The first-order valence-electron chi connectivity index (χ1n) is 23.9. The van der Waals surface area contributed by atoms with Gasteiger partial charge in [0.25, 0.3) is 0 Å². The van der Waals surface area contributed by atoms with Crippen LogP contribution in [-0.4, -0.2) is 154 Å². The summed E-state index contributed by atoms with van der Waals surface area (Å²) < 4.78 is -0.919. The van der Waals surface area contributed by atoms with Gasteiger partial charge in [0.05, 0.1) is 13.0 Å². The molecule has 2 heterocycles. The Morgan fingerprint density at radius 3 is 2.15 bits per heavy atom. The van der Waals surface area contributed by atoms with Crippen molar-refractivity contribution in [1.29, 1.82) is 0 Å². The molecule has 3 rings (SSSR count). The summed E-state index contributed by atoms with van der Waals surface area (Å²) in [6.07, 6.45) is 0.334. The number of carbonyl (C=O) groups excluding carboxylic acids is 12. The number of phenolic OH excluding ortho intramolecular Hbond substituents is 1. The summed E-state index contributed by atoms with van der Waals surface area (Å²) in [7, 11) is 2.24. The van der Waals surface area contributed by atoms with E-state index in [-0.39, 0.29) is 43.7 Å². The van der Waals surface area contributed by atoms with E-state index < -0.39 is 144 Å². The third-order valence-electron chi connectivity index (χ3n) is 11.9. The quantitative estimate of drug-likeness (QED) is 0.0334. The number of nitrogens with one attached hydrogen (secondary N) is 8. The number of benzene rings is 1. The van der Waals surface area contributed by atoms with Gasteiger partial charge in [-0.2, -0.15) is 0 Å². The fourth-order valence-electron chi connectivity index (χ4n) is 7.87. The Balaban J connectivity index is 2.07. The molecular formula is C46H70N12O13S2. The monoisotopic (exact) mass is 1060 g/mol. The van der Waals surface area contributed by atoms with Crippen molar-refractivity contribution in [2.45, 2.75) is 145 Å². The SMILES string of the molecule is CC[C@H](C)[C@@H]1NC(=O)[C@H](Cc2ccc(O)cc2)NC(=O)CC(C)(C)SSC[C@@H](C(=O)N2CCC[C@H]2C(=O)N[C@@H](CCCCNC=O)C(=O)NCC(N)=O)NC(=O)[C@H](CC(N)=O)NC(=O)C(CCC(N)=O)NC1=O. The van der Waals surface area contributed by atoms with Crippen LogP contribution in [0.3, 0.4) is 0 Å². The smallest absolute Gasteiger partial charge is 0.246 e. The molecule has 15 N–H and O–H groups in total. The lowest BCUT2D eigenvalue weighted by Crippen LogP contribution is -2.61. The molecule has 1 unspecified atom stereocenters. The van der Waals surface area contributed by atoms with Crippen molar-refractivity contribution in [3.8, 4) is 5.75 Å². The molecule has 12 amide bonds.